The monoisotopic (exact) mass is 294 g/mol. The molecule has 2 amide bonds. The van der Waals surface area contributed by atoms with Crippen LogP contribution in [-0.2, 0) is 9.59 Å². The van der Waals surface area contributed by atoms with E-state index in [1.165, 1.54) is 6.33 Å². The van der Waals surface area contributed by atoms with E-state index >= 15 is 0 Å². The second-order valence-corrected chi connectivity index (χ2v) is 5.28. The number of carbonyl (C=O) groups excluding carboxylic acids is 2. The summed E-state index contributed by atoms with van der Waals surface area (Å²) < 4.78 is 0. The molecule has 1 aliphatic heterocycles. The van der Waals surface area contributed by atoms with Gasteiger partial charge in [-0.05, 0) is 25.4 Å². The number of H-pyrrole nitrogens is 1. The molecule has 2 aromatic rings. The molecular weight excluding hydrogens is 284 g/mol. The lowest BCUT2D eigenvalue weighted by Crippen LogP contribution is -2.64. The van der Waals surface area contributed by atoms with Crippen molar-refractivity contribution in [3.05, 3.63) is 11.6 Å². The Morgan fingerprint density at radius 3 is 2.85 bits per heavy atom. The number of hydrogen-bond acceptors (Lipinski definition) is 6. The van der Waals surface area contributed by atoms with Gasteiger partial charge in [0.2, 0.25) is 11.2 Å². The number of aromatic nitrogens is 4. The zero-order valence-electron chi connectivity index (χ0n) is 10.8. The molecule has 0 unspecified atom stereocenters. The third-order valence-electron chi connectivity index (χ3n) is 3.28. The average Bonchev–Trinajstić information content (AvgIpc) is 2.81. The largest absolute Gasteiger partial charge is 0.340 e. The molecule has 0 aromatic carbocycles. The fraction of sp³-hybridized carbons (Fsp3) is 0.364. The maximum absolute atomic E-state index is 12.0. The van der Waals surface area contributed by atoms with Crippen molar-refractivity contribution in [1.29, 1.82) is 0 Å². The van der Waals surface area contributed by atoms with E-state index in [1.54, 1.807) is 18.7 Å². The van der Waals surface area contributed by atoms with Crippen LogP contribution in [0.2, 0.25) is 5.28 Å². The van der Waals surface area contributed by atoms with Crippen molar-refractivity contribution in [2.24, 2.45) is 0 Å². The third kappa shape index (κ3) is 1.80. The van der Waals surface area contributed by atoms with E-state index in [0.29, 0.717) is 17.0 Å². The minimum absolute atomic E-state index is 0.000201. The molecular formula is C11H11ClN6O2. The van der Waals surface area contributed by atoms with Crippen LogP contribution in [0.25, 0.3) is 11.2 Å². The molecule has 0 spiro atoms. The number of amides is 2. The molecule has 20 heavy (non-hydrogen) atoms. The number of imide groups is 1. The highest BCUT2D eigenvalue weighted by Crippen LogP contribution is 2.30. The number of nitrogens with zero attached hydrogens (tertiary/aromatic N) is 4. The first kappa shape index (κ1) is 12.8. The molecule has 0 aliphatic carbocycles. The molecule has 1 fully saturated rings. The van der Waals surface area contributed by atoms with Crippen LogP contribution in [0.3, 0.4) is 0 Å². The maximum atomic E-state index is 12.0. The number of halogens is 1. The van der Waals surface area contributed by atoms with Gasteiger partial charge < -0.3 is 9.88 Å². The number of rotatable bonds is 1. The lowest BCUT2D eigenvalue weighted by Gasteiger charge is -2.40. The Morgan fingerprint density at radius 1 is 1.35 bits per heavy atom. The summed E-state index contributed by atoms with van der Waals surface area (Å²) in [6.45, 7) is 3.40. The first-order chi connectivity index (χ1) is 9.39. The van der Waals surface area contributed by atoms with Gasteiger partial charge in [-0.15, -0.1) is 0 Å². The highest BCUT2D eigenvalue weighted by atomic mass is 35.5. The molecule has 2 aromatic heterocycles. The van der Waals surface area contributed by atoms with Crippen molar-refractivity contribution < 1.29 is 9.59 Å². The Bertz CT molecular complexity index is 725. The zero-order valence-corrected chi connectivity index (χ0v) is 11.5. The van der Waals surface area contributed by atoms with Crippen LogP contribution >= 0.6 is 11.6 Å². The molecule has 9 heteroatoms. The summed E-state index contributed by atoms with van der Waals surface area (Å²) in [6.07, 6.45) is 1.46. The molecule has 1 aliphatic rings. The highest BCUT2D eigenvalue weighted by Gasteiger charge is 2.42. The second-order valence-electron chi connectivity index (χ2n) is 4.94. The standard InChI is InChI=1S/C11H11ClN6O2/c1-11(2)9(20)15-5(19)3-18(11)8-6-7(14-4-13-6)16-10(12)17-8/h4H,3H2,1-2H3,(H,15,19,20)(H,13,14,16,17). The SMILES string of the molecule is CC1(C)C(=O)NC(=O)CN1c1nc(Cl)nc2nc[nH]c12. The minimum Gasteiger partial charge on any atom is -0.340 e. The summed E-state index contributed by atoms with van der Waals surface area (Å²) >= 11 is 5.88. The third-order valence-corrected chi connectivity index (χ3v) is 3.45. The first-order valence-corrected chi connectivity index (χ1v) is 6.26. The molecule has 0 radical (unpaired) electrons. The van der Waals surface area contributed by atoms with E-state index < -0.39 is 17.4 Å². The lowest BCUT2D eigenvalue weighted by atomic mass is 9.98. The number of anilines is 1. The molecule has 3 rings (SSSR count). The van der Waals surface area contributed by atoms with Gasteiger partial charge in [0.05, 0.1) is 12.9 Å². The van der Waals surface area contributed by atoms with Crippen molar-refractivity contribution >= 4 is 40.4 Å². The van der Waals surface area contributed by atoms with Crippen LogP contribution in [0.4, 0.5) is 5.82 Å². The fourth-order valence-corrected chi connectivity index (χ4v) is 2.27. The van der Waals surface area contributed by atoms with Crippen LogP contribution in [0.5, 0.6) is 0 Å². The molecule has 0 saturated carbocycles. The van der Waals surface area contributed by atoms with Gasteiger partial charge in [0.25, 0.3) is 5.91 Å². The summed E-state index contributed by atoms with van der Waals surface area (Å²) in [7, 11) is 0. The Morgan fingerprint density at radius 2 is 2.10 bits per heavy atom. The average molecular weight is 295 g/mol. The van der Waals surface area contributed by atoms with Gasteiger partial charge in [-0.2, -0.15) is 9.97 Å². The van der Waals surface area contributed by atoms with E-state index in [-0.39, 0.29) is 11.8 Å². The van der Waals surface area contributed by atoms with Gasteiger partial charge in [0, 0.05) is 0 Å². The van der Waals surface area contributed by atoms with Crippen molar-refractivity contribution in [2.75, 3.05) is 11.4 Å². The van der Waals surface area contributed by atoms with E-state index in [2.05, 4.69) is 25.3 Å². The van der Waals surface area contributed by atoms with Crippen LogP contribution < -0.4 is 10.2 Å². The molecule has 104 valence electrons. The smallest absolute Gasteiger partial charge is 0.251 e. The molecule has 0 bridgehead atoms. The quantitative estimate of drug-likeness (QED) is 0.577. The highest BCUT2D eigenvalue weighted by molar-refractivity contribution is 6.28. The molecule has 2 N–H and O–H groups in total. The van der Waals surface area contributed by atoms with E-state index in [9.17, 15) is 9.59 Å². The Balaban J connectivity index is 2.20. The van der Waals surface area contributed by atoms with Gasteiger partial charge >= 0.3 is 0 Å². The normalized spacial score (nSPS) is 18.4. The summed E-state index contributed by atoms with van der Waals surface area (Å²) in [5.74, 6) is -0.404. The summed E-state index contributed by atoms with van der Waals surface area (Å²) in [4.78, 5) is 40.2. The van der Waals surface area contributed by atoms with Crippen LogP contribution in [0.1, 0.15) is 13.8 Å². The summed E-state index contributed by atoms with van der Waals surface area (Å²) in [6, 6.07) is 0. The van der Waals surface area contributed by atoms with Crippen LogP contribution in [0.15, 0.2) is 6.33 Å². The minimum atomic E-state index is -0.941. The van der Waals surface area contributed by atoms with Gasteiger partial charge in [-0.25, -0.2) is 4.98 Å². The molecule has 3 heterocycles. The number of hydrogen-bond donors (Lipinski definition) is 2. The Hall–Kier alpha value is -2.22. The topological polar surface area (TPSA) is 104 Å². The zero-order chi connectivity index (χ0) is 14.5. The number of nitrogens with one attached hydrogen (secondary N) is 2. The summed E-state index contributed by atoms with van der Waals surface area (Å²) in [5, 5.41) is 2.31. The number of piperazine rings is 1. The van der Waals surface area contributed by atoms with Crippen LogP contribution in [-0.4, -0.2) is 43.8 Å². The van der Waals surface area contributed by atoms with E-state index in [1.807, 2.05) is 0 Å². The van der Waals surface area contributed by atoms with E-state index in [4.69, 9.17) is 11.6 Å². The Labute approximate surface area is 118 Å². The second kappa shape index (κ2) is 4.14. The Kier molecular flexibility index (Phi) is 2.65. The fourth-order valence-electron chi connectivity index (χ4n) is 2.11. The first-order valence-electron chi connectivity index (χ1n) is 5.88. The van der Waals surface area contributed by atoms with Crippen LogP contribution in [0, 0.1) is 0 Å². The molecule has 0 atom stereocenters. The van der Waals surface area contributed by atoms with Gasteiger partial charge in [0.1, 0.15) is 11.1 Å². The number of imidazole rings is 1. The van der Waals surface area contributed by atoms with Crippen molar-refractivity contribution in [3.63, 3.8) is 0 Å². The van der Waals surface area contributed by atoms with Gasteiger partial charge in [-0.1, -0.05) is 0 Å². The van der Waals surface area contributed by atoms with E-state index in [0.717, 1.165) is 0 Å². The maximum Gasteiger partial charge on any atom is 0.251 e. The molecule has 8 nitrogen and oxygen atoms in total. The van der Waals surface area contributed by atoms with Crippen molar-refractivity contribution in [1.82, 2.24) is 25.3 Å². The van der Waals surface area contributed by atoms with Gasteiger partial charge in [0.15, 0.2) is 11.5 Å². The van der Waals surface area contributed by atoms with Crippen molar-refractivity contribution in [2.45, 2.75) is 19.4 Å². The number of carbonyl (C=O) groups is 2. The number of fused-ring (bicyclic) bond motifs is 1. The van der Waals surface area contributed by atoms with Crippen molar-refractivity contribution in [3.8, 4) is 0 Å². The predicted octanol–water partition coefficient (Wildman–Crippen LogP) is 0.248. The predicted molar refractivity (Wildman–Crippen MR) is 71.3 cm³/mol. The summed E-state index contributed by atoms with van der Waals surface area (Å²) in [5.41, 5.74) is -0.0249. The molecule has 1 saturated heterocycles. The lowest BCUT2D eigenvalue weighted by molar-refractivity contribution is -0.135. The van der Waals surface area contributed by atoms with Gasteiger partial charge in [-0.3, -0.25) is 14.9 Å². The number of aromatic amines is 1.